The molecule has 1 aliphatic heterocycles. The maximum atomic E-state index is 13.2. The molecule has 1 amide bonds. The molecule has 2 heterocycles. The van der Waals surface area contributed by atoms with Crippen LogP contribution in [-0.4, -0.2) is 27.1 Å². The molecule has 4 rings (SSSR count). The number of non-ortho nitro benzene ring substituents is 1. The molecule has 0 radical (unpaired) electrons. The first-order valence-electron chi connectivity index (χ1n) is 9.34. The lowest BCUT2D eigenvalue weighted by molar-refractivity contribution is -0.384. The molecule has 0 aliphatic carbocycles. The van der Waals surface area contributed by atoms with Crippen LogP contribution in [0, 0.1) is 15.9 Å². The molecule has 1 aromatic heterocycles. The summed E-state index contributed by atoms with van der Waals surface area (Å²) in [6.45, 7) is 0.157. The van der Waals surface area contributed by atoms with E-state index in [9.17, 15) is 19.3 Å². The average molecular weight is 450 g/mol. The normalized spacial score (nSPS) is 16.5. The zero-order valence-electron chi connectivity index (χ0n) is 16.4. The minimum Gasteiger partial charge on any atom is -0.467 e. The molecule has 0 spiro atoms. The summed E-state index contributed by atoms with van der Waals surface area (Å²) >= 11 is 1.12. The zero-order chi connectivity index (χ0) is 22.5. The molecule has 32 heavy (non-hydrogen) atoms. The van der Waals surface area contributed by atoms with Crippen molar-refractivity contribution in [3.8, 4) is 0 Å². The van der Waals surface area contributed by atoms with Crippen LogP contribution in [0.1, 0.15) is 16.9 Å². The molecular weight excluding hydrogens is 435 g/mol. The van der Waals surface area contributed by atoms with Crippen molar-refractivity contribution in [3.05, 3.63) is 105 Å². The smallest absolute Gasteiger partial charge is 0.270 e. The predicted molar refractivity (Wildman–Crippen MR) is 119 cm³/mol. The standard InChI is InChI=1S/C22H15FN4O4S/c23-17-8-6-15(7-9-17)12-20-21(28)26(14-19-5-2-10-31-19)22(32-20)25-24-13-16-3-1-4-18(11-16)27(29)30/h1-13H,14H2/b20-12-,24-13+,25-22-. The van der Waals surface area contributed by atoms with E-state index in [1.807, 2.05) is 0 Å². The highest BCUT2D eigenvalue weighted by Crippen LogP contribution is 2.33. The monoisotopic (exact) mass is 450 g/mol. The molecule has 0 atom stereocenters. The Balaban J connectivity index is 1.61. The lowest BCUT2D eigenvalue weighted by Gasteiger charge is -2.12. The number of amides is 1. The summed E-state index contributed by atoms with van der Waals surface area (Å²) in [6, 6.07) is 15.2. The third-order valence-electron chi connectivity index (χ3n) is 4.38. The molecule has 3 aromatic rings. The van der Waals surface area contributed by atoms with Gasteiger partial charge in [0.1, 0.15) is 11.6 Å². The summed E-state index contributed by atoms with van der Waals surface area (Å²) in [5.41, 5.74) is 1.11. The van der Waals surface area contributed by atoms with Crippen LogP contribution >= 0.6 is 11.8 Å². The molecule has 0 unspecified atom stereocenters. The predicted octanol–water partition coefficient (Wildman–Crippen LogP) is 4.83. The first-order valence-corrected chi connectivity index (χ1v) is 10.2. The van der Waals surface area contributed by atoms with Crippen LogP contribution in [0.2, 0.25) is 0 Å². The van der Waals surface area contributed by atoms with E-state index in [4.69, 9.17) is 4.42 Å². The maximum absolute atomic E-state index is 13.2. The minimum absolute atomic E-state index is 0.0593. The van der Waals surface area contributed by atoms with Gasteiger partial charge in [-0.1, -0.05) is 24.3 Å². The van der Waals surface area contributed by atoms with E-state index in [1.165, 1.54) is 41.6 Å². The fourth-order valence-electron chi connectivity index (χ4n) is 2.85. The number of hydrogen-bond donors (Lipinski definition) is 0. The van der Waals surface area contributed by atoms with Crippen LogP contribution in [0.3, 0.4) is 0 Å². The second kappa shape index (κ2) is 9.40. The summed E-state index contributed by atoms with van der Waals surface area (Å²) in [6.07, 6.45) is 4.53. The lowest BCUT2D eigenvalue weighted by atomic mass is 10.2. The molecule has 10 heteroatoms. The zero-order valence-corrected chi connectivity index (χ0v) is 17.2. The Labute approximate surface area is 185 Å². The van der Waals surface area contributed by atoms with Crippen molar-refractivity contribution in [2.24, 2.45) is 10.2 Å². The van der Waals surface area contributed by atoms with Gasteiger partial charge in [0, 0.05) is 17.7 Å². The van der Waals surface area contributed by atoms with Crippen molar-refractivity contribution in [2.75, 3.05) is 0 Å². The fraction of sp³-hybridized carbons (Fsp3) is 0.0455. The van der Waals surface area contributed by atoms with Gasteiger partial charge in [-0.15, -0.1) is 5.10 Å². The Morgan fingerprint density at radius 2 is 1.94 bits per heavy atom. The minimum atomic E-state index is -0.494. The van der Waals surface area contributed by atoms with Gasteiger partial charge < -0.3 is 4.42 Å². The Hall–Kier alpha value is -4.05. The number of nitro groups is 1. The van der Waals surface area contributed by atoms with Gasteiger partial charge in [-0.25, -0.2) is 4.39 Å². The van der Waals surface area contributed by atoms with Crippen molar-refractivity contribution in [3.63, 3.8) is 0 Å². The number of nitrogens with zero attached hydrogens (tertiary/aromatic N) is 4. The van der Waals surface area contributed by atoms with E-state index in [2.05, 4.69) is 10.2 Å². The topological polar surface area (TPSA) is 101 Å². The van der Waals surface area contributed by atoms with E-state index in [0.29, 0.717) is 27.0 Å². The van der Waals surface area contributed by atoms with E-state index >= 15 is 0 Å². The Kier molecular flexibility index (Phi) is 6.22. The number of carbonyl (C=O) groups is 1. The van der Waals surface area contributed by atoms with Crippen LogP contribution in [-0.2, 0) is 11.3 Å². The second-order valence-corrected chi connectivity index (χ2v) is 7.62. The number of furan rings is 1. The van der Waals surface area contributed by atoms with E-state index in [1.54, 1.807) is 42.5 Å². The first-order chi connectivity index (χ1) is 15.5. The number of benzene rings is 2. The highest BCUT2D eigenvalue weighted by Gasteiger charge is 2.34. The molecule has 160 valence electrons. The average Bonchev–Trinajstić information content (AvgIpc) is 3.40. The van der Waals surface area contributed by atoms with Gasteiger partial charge in [-0.2, -0.15) is 5.10 Å². The number of hydrogen-bond acceptors (Lipinski definition) is 7. The van der Waals surface area contributed by atoms with E-state index in [-0.39, 0.29) is 24.0 Å². The van der Waals surface area contributed by atoms with Gasteiger partial charge >= 0.3 is 0 Å². The molecule has 2 aromatic carbocycles. The number of amidine groups is 1. The van der Waals surface area contributed by atoms with Gasteiger partial charge in [-0.05, 0) is 47.7 Å². The number of nitro benzene ring substituents is 1. The van der Waals surface area contributed by atoms with Gasteiger partial charge in [0.05, 0.1) is 28.9 Å². The Morgan fingerprint density at radius 1 is 1.12 bits per heavy atom. The van der Waals surface area contributed by atoms with Crippen LogP contribution in [0.4, 0.5) is 10.1 Å². The third kappa shape index (κ3) is 4.98. The quantitative estimate of drug-likeness (QED) is 0.232. The summed E-state index contributed by atoms with van der Waals surface area (Å²) in [5, 5.41) is 19.4. The molecular formula is C22H15FN4O4S. The number of carbonyl (C=O) groups excluding carboxylic acids is 1. The molecule has 0 bridgehead atoms. The highest BCUT2D eigenvalue weighted by molar-refractivity contribution is 8.18. The van der Waals surface area contributed by atoms with Crippen molar-refractivity contribution in [2.45, 2.75) is 6.54 Å². The summed E-state index contributed by atoms with van der Waals surface area (Å²) in [7, 11) is 0. The summed E-state index contributed by atoms with van der Waals surface area (Å²) < 4.78 is 18.5. The van der Waals surface area contributed by atoms with Crippen molar-refractivity contribution >= 4 is 40.8 Å². The van der Waals surface area contributed by atoms with Gasteiger partial charge in [-0.3, -0.25) is 19.8 Å². The maximum Gasteiger partial charge on any atom is 0.270 e. The Morgan fingerprint density at radius 3 is 2.66 bits per heavy atom. The van der Waals surface area contributed by atoms with Crippen molar-refractivity contribution in [1.82, 2.24) is 4.90 Å². The van der Waals surface area contributed by atoms with Crippen LogP contribution in [0.25, 0.3) is 6.08 Å². The Bertz CT molecular complexity index is 1240. The lowest BCUT2D eigenvalue weighted by Crippen LogP contribution is -2.28. The highest BCUT2D eigenvalue weighted by atomic mass is 32.2. The molecule has 1 fully saturated rings. The number of thioether (sulfide) groups is 1. The largest absolute Gasteiger partial charge is 0.467 e. The van der Waals surface area contributed by atoms with Crippen molar-refractivity contribution in [1.29, 1.82) is 0 Å². The first kappa shape index (κ1) is 21.2. The van der Waals surface area contributed by atoms with Gasteiger partial charge in [0.25, 0.3) is 11.6 Å². The number of halogens is 1. The molecule has 1 aliphatic rings. The molecule has 0 N–H and O–H groups in total. The van der Waals surface area contributed by atoms with Crippen LogP contribution in [0.15, 0.2) is 86.5 Å². The second-order valence-electron chi connectivity index (χ2n) is 6.61. The SMILES string of the molecule is O=C1/C(=C/c2ccc(F)cc2)S/C(=N\N=C\c2cccc([N+](=O)[O-])c2)N1Cc1ccco1. The summed E-state index contributed by atoms with van der Waals surface area (Å²) in [5.74, 6) is -0.0906. The van der Waals surface area contributed by atoms with Crippen LogP contribution in [0.5, 0.6) is 0 Å². The molecule has 8 nitrogen and oxygen atoms in total. The van der Waals surface area contributed by atoms with E-state index in [0.717, 1.165) is 11.8 Å². The van der Waals surface area contributed by atoms with Crippen LogP contribution < -0.4 is 0 Å². The van der Waals surface area contributed by atoms with Gasteiger partial charge in [0.2, 0.25) is 0 Å². The molecule has 1 saturated heterocycles. The van der Waals surface area contributed by atoms with E-state index < -0.39 is 4.92 Å². The van der Waals surface area contributed by atoms with Crippen molar-refractivity contribution < 1.29 is 18.5 Å². The third-order valence-corrected chi connectivity index (χ3v) is 5.38. The number of rotatable bonds is 6. The summed E-state index contributed by atoms with van der Waals surface area (Å²) in [4.78, 5) is 25.2. The van der Waals surface area contributed by atoms with Gasteiger partial charge in [0.15, 0.2) is 5.17 Å². The molecule has 0 saturated carbocycles. The fourth-order valence-corrected chi connectivity index (χ4v) is 3.79.